The molecule has 1 rings (SSSR count). The van der Waals surface area contributed by atoms with Crippen LogP contribution in [0.25, 0.3) is 0 Å². The van der Waals surface area contributed by atoms with Gasteiger partial charge in [0.15, 0.2) is 0 Å². The number of para-hydroxylation sites is 1. The first-order valence-electron chi connectivity index (χ1n) is 7.30. The van der Waals surface area contributed by atoms with E-state index in [-0.39, 0.29) is 0 Å². The van der Waals surface area contributed by atoms with Crippen LogP contribution in [0.5, 0.6) is 5.75 Å². The van der Waals surface area contributed by atoms with Gasteiger partial charge in [0.05, 0.1) is 26.2 Å². The molecule has 2 heteroatoms. The Bertz CT molecular complexity index is 321. The Balaban J connectivity index is 2.07. The minimum absolute atomic E-state index is 0.846. The molecule has 0 aromatic heterocycles. The zero-order valence-corrected chi connectivity index (χ0v) is 12.2. The van der Waals surface area contributed by atoms with E-state index in [1.54, 1.807) is 4.90 Å². The molecular weight excluding hydrogens is 222 g/mol. The molecule has 0 amide bonds. The van der Waals surface area contributed by atoms with E-state index in [2.05, 4.69) is 39.0 Å². The van der Waals surface area contributed by atoms with Crippen molar-refractivity contribution in [2.45, 2.75) is 40.0 Å². The third-order valence-electron chi connectivity index (χ3n) is 3.53. The number of ether oxygens (including phenoxy) is 1. The third kappa shape index (κ3) is 5.54. The van der Waals surface area contributed by atoms with Crippen molar-refractivity contribution in [3.05, 3.63) is 29.8 Å². The molecule has 0 heterocycles. The summed E-state index contributed by atoms with van der Waals surface area (Å²) in [5.41, 5.74) is 1.23. The largest absolute Gasteiger partial charge is 0.493 e. The summed E-state index contributed by atoms with van der Waals surface area (Å²) in [4.78, 5) is 1.70. The van der Waals surface area contributed by atoms with Crippen LogP contribution in [-0.4, -0.2) is 26.2 Å². The monoisotopic (exact) mass is 250 g/mol. The molecule has 0 bridgehead atoms. The lowest BCUT2D eigenvalue weighted by Gasteiger charge is -2.15. The van der Waals surface area contributed by atoms with Crippen molar-refractivity contribution in [1.82, 2.24) is 0 Å². The van der Waals surface area contributed by atoms with E-state index in [9.17, 15) is 0 Å². The Kier molecular flexibility index (Phi) is 7.51. The lowest BCUT2D eigenvalue weighted by Crippen LogP contribution is -3.11. The quantitative estimate of drug-likeness (QED) is 0.665. The molecule has 1 aromatic carbocycles. The van der Waals surface area contributed by atoms with Crippen molar-refractivity contribution in [3.63, 3.8) is 0 Å². The van der Waals surface area contributed by atoms with E-state index < -0.39 is 0 Å². The molecular formula is C16H28NO+. The van der Waals surface area contributed by atoms with Crippen LogP contribution in [0, 0.1) is 6.92 Å². The fourth-order valence-corrected chi connectivity index (χ4v) is 2.16. The zero-order chi connectivity index (χ0) is 13.2. The van der Waals surface area contributed by atoms with Gasteiger partial charge in [-0.1, -0.05) is 18.2 Å². The predicted molar refractivity (Wildman–Crippen MR) is 77.4 cm³/mol. The molecule has 18 heavy (non-hydrogen) atoms. The topological polar surface area (TPSA) is 13.7 Å². The van der Waals surface area contributed by atoms with Gasteiger partial charge in [0.2, 0.25) is 0 Å². The number of hydrogen-bond donors (Lipinski definition) is 1. The molecule has 0 saturated carbocycles. The van der Waals surface area contributed by atoms with E-state index in [0.29, 0.717) is 0 Å². The van der Waals surface area contributed by atoms with E-state index in [1.807, 2.05) is 6.07 Å². The van der Waals surface area contributed by atoms with Crippen molar-refractivity contribution < 1.29 is 9.64 Å². The smallest absolute Gasteiger partial charge is 0.122 e. The second-order valence-corrected chi connectivity index (χ2v) is 4.88. The maximum Gasteiger partial charge on any atom is 0.122 e. The van der Waals surface area contributed by atoms with Crippen LogP contribution in [0.4, 0.5) is 0 Å². The fourth-order valence-electron chi connectivity index (χ4n) is 2.16. The maximum atomic E-state index is 5.79. The van der Waals surface area contributed by atoms with Gasteiger partial charge in [-0.15, -0.1) is 0 Å². The molecule has 1 aromatic rings. The highest BCUT2D eigenvalue weighted by atomic mass is 16.5. The number of aryl methyl sites for hydroxylation is 1. The normalized spacial score (nSPS) is 10.9. The minimum atomic E-state index is 0.846. The van der Waals surface area contributed by atoms with Crippen LogP contribution in [0.3, 0.4) is 0 Å². The number of unbranched alkanes of at least 4 members (excludes halogenated alkanes) is 2. The molecule has 0 aliphatic rings. The highest BCUT2D eigenvalue weighted by Gasteiger charge is 2.01. The summed E-state index contributed by atoms with van der Waals surface area (Å²) < 4.78 is 5.79. The first-order chi connectivity index (χ1) is 8.77. The number of quaternary nitrogens is 1. The van der Waals surface area contributed by atoms with Crippen molar-refractivity contribution in [1.29, 1.82) is 0 Å². The summed E-state index contributed by atoms with van der Waals surface area (Å²) in [6, 6.07) is 8.23. The molecule has 1 N–H and O–H groups in total. The zero-order valence-electron chi connectivity index (χ0n) is 12.2. The van der Waals surface area contributed by atoms with Gasteiger partial charge < -0.3 is 9.64 Å². The van der Waals surface area contributed by atoms with Crippen molar-refractivity contribution >= 4 is 0 Å². The summed E-state index contributed by atoms with van der Waals surface area (Å²) in [7, 11) is 0. The Morgan fingerprint density at radius 3 is 2.39 bits per heavy atom. The summed E-state index contributed by atoms with van der Waals surface area (Å²) in [5, 5.41) is 0. The molecule has 2 nitrogen and oxygen atoms in total. The second-order valence-electron chi connectivity index (χ2n) is 4.88. The second kappa shape index (κ2) is 8.98. The van der Waals surface area contributed by atoms with Gasteiger partial charge in [-0.05, 0) is 51.7 Å². The van der Waals surface area contributed by atoms with Gasteiger partial charge >= 0.3 is 0 Å². The van der Waals surface area contributed by atoms with Crippen molar-refractivity contribution in [2.24, 2.45) is 0 Å². The van der Waals surface area contributed by atoms with Crippen molar-refractivity contribution in [2.75, 3.05) is 26.2 Å². The van der Waals surface area contributed by atoms with Crippen LogP contribution in [0.15, 0.2) is 24.3 Å². The van der Waals surface area contributed by atoms with Crippen LogP contribution in [0.2, 0.25) is 0 Å². The fraction of sp³-hybridized carbons (Fsp3) is 0.625. The minimum Gasteiger partial charge on any atom is -0.493 e. The number of benzene rings is 1. The molecule has 0 aliphatic heterocycles. The van der Waals surface area contributed by atoms with Gasteiger partial charge in [0.25, 0.3) is 0 Å². The summed E-state index contributed by atoms with van der Waals surface area (Å²) in [5.74, 6) is 1.03. The number of hydrogen-bond acceptors (Lipinski definition) is 1. The predicted octanol–water partition coefficient (Wildman–Crippen LogP) is 2.47. The molecule has 102 valence electrons. The van der Waals surface area contributed by atoms with Gasteiger partial charge in [-0.2, -0.15) is 0 Å². The number of nitrogens with one attached hydrogen (secondary N) is 1. The maximum absolute atomic E-state index is 5.79. The highest BCUT2D eigenvalue weighted by Crippen LogP contribution is 2.16. The lowest BCUT2D eigenvalue weighted by molar-refractivity contribution is -0.896. The summed E-state index contributed by atoms with van der Waals surface area (Å²) >= 11 is 0. The Labute approximate surface area is 112 Å². The van der Waals surface area contributed by atoms with Crippen LogP contribution >= 0.6 is 0 Å². The van der Waals surface area contributed by atoms with Crippen LogP contribution in [0.1, 0.15) is 38.7 Å². The molecule has 0 atom stereocenters. The van der Waals surface area contributed by atoms with E-state index >= 15 is 0 Å². The molecule has 0 spiro atoms. The lowest BCUT2D eigenvalue weighted by atomic mass is 10.2. The molecule has 0 saturated heterocycles. The van der Waals surface area contributed by atoms with E-state index in [1.165, 1.54) is 38.0 Å². The highest BCUT2D eigenvalue weighted by molar-refractivity contribution is 5.31. The van der Waals surface area contributed by atoms with Gasteiger partial charge in [-0.25, -0.2) is 0 Å². The SMILES string of the molecule is CC[NH+](CC)CCCCCOc1ccccc1C. The standard InChI is InChI=1S/C16H27NO/c1-4-17(5-2)13-9-6-10-14-18-16-12-8-7-11-15(16)3/h7-8,11-12H,4-6,9-10,13-14H2,1-3H3/p+1. The first-order valence-corrected chi connectivity index (χ1v) is 7.30. The van der Waals surface area contributed by atoms with Gasteiger partial charge in [0.1, 0.15) is 5.75 Å². The Morgan fingerprint density at radius 1 is 1.00 bits per heavy atom. The summed E-state index contributed by atoms with van der Waals surface area (Å²) in [6.07, 6.45) is 3.75. The van der Waals surface area contributed by atoms with E-state index in [4.69, 9.17) is 4.74 Å². The van der Waals surface area contributed by atoms with Crippen LogP contribution < -0.4 is 9.64 Å². The number of rotatable bonds is 9. The summed E-state index contributed by atoms with van der Waals surface area (Å²) in [6.45, 7) is 11.3. The van der Waals surface area contributed by atoms with Gasteiger partial charge in [-0.3, -0.25) is 0 Å². The average Bonchev–Trinajstić information content (AvgIpc) is 2.40. The molecule has 0 unspecified atom stereocenters. The Morgan fingerprint density at radius 2 is 1.72 bits per heavy atom. The van der Waals surface area contributed by atoms with Crippen LogP contribution in [-0.2, 0) is 0 Å². The van der Waals surface area contributed by atoms with E-state index in [0.717, 1.165) is 18.8 Å². The molecule has 0 aliphatic carbocycles. The first kappa shape index (κ1) is 15.0. The van der Waals surface area contributed by atoms with Gasteiger partial charge in [0, 0.05) is 0 Å². The third-order valence-corrected chi connectivity index (χ3v) is 3.53. The molecule has 0 fully saturated rings. The Hall–Kier alpha value is -1.02. The average molecular weight is 250 g/mol. The molecule has 0 radical (unpaired) electrons. The van der Waals surface area contributed by atoms with Crippen molar-refractivity contribution in [3.8, 4) is 5.75 Å².